The van der Waals surface area contributed by atoms with E-state index in [2.05, 4.69) is 49.5 Å². The molecule has 0 aromatic heterocycles. The van der Waals surface area contributed by atoms with Crippen LogP contribution in [0.5, 0.6) is 0 Å². The van der Waals surface area contributed by atoms with Gasteiger partial charge in [0.25, 0.3) is 0 Å². The number of nitrogens with one attached hydrogen (secondary N) is 1. The van der Waals surface area contributed by atoms with Crippen molar-refractivity contribution in [1.82, 2.24) is 5.32 Å². The number of hydrogen-bond acceptors (Lipinski definition) is 1. The SMILES string of the molecule is CCNC(c1ccccc1C)c1ccccc1Cl. The van der Waals surface area contributed by atoms with Crippen molar-refractivity contribution in [2.24, 2.45) is 0 Å². The van der Waals surface area contributed by atoms with Crippen molar-refractivity contribution in [1.29, 1.82) is 0 Å². The van der Waals surface area contributed by atoms with E-state index in [-0.39, 0.29) is 6.04 Å². The summed E-state index contributed by atoms with van der Waals surface area (Å²) >= 11 is 6.32. The lowest BCUT2D eigenvalue weighted by atomic mass is 9.95. The van der Waals surface area contributed by atoms with Gasteiger partial charge in [-0.1, -0.05) is 61.0 Å². The third kappa shape index (κ3) is 2.74. The zero-order chi connectivity index (χ0) is 13.0. The van der Waals surface area contributed by atoms with E-state index in [1.165, 1.54) is 11.1 Å². The van der Waals surface area contributed by atoms with Gasteiger partial charge in [-0.05, 0) is 36.2 Å². The lowest BCUT2D eigenvalue weighted by Gasteiger charge is -2.21. The van der Waals surface area contributed by atoms with Crippen LogP contribution >= 0.6 is 11.6 Å². The number of benzene rings is 2. The first-order valence-electron chi connectivity index (χ1n) is 6.27. The van der Waals surface area contributed by atoms with Crippen molar-refractivity contribution in [3.05, 3.63) is 70.2 Å². The summed E-state index contributed by atoms with van der Waals surface area (Å²) in [5, 5.41) is 4.32. The van der Waals surface area contributed by atoms with E-state index in [0.717, 1.165) is 17.1 Å². The van der Waals surface area contributed by atoms with E-state index in [1.807, 2.05) is 18.2 Å². The van der Waals surface area contributed by atoms with Crippen LogP contribution in [0.2, 0.25) is 5.02 Å². The zero-order valence-corrected chi connectivity index (χ0v) is 11.5. The Morgan fingerprint density at radius 1 is 1.00 bits per heavy atom. The van der Waals surface area contributed by atoms with Gasteiger partial charge in [0.2, 0.25) is 0 Å². The summed E-state index contributed by atoms with van der Waals surface area (Å²) in [4.78, 5) is 0. The number of aryl methyl sites for hydroxylation is 1. The number of rotatable bonds is 4. The summed E-state index contributed by atoms with van der Waals surface area (Å²) in [6.45, 7) is 5.16. The largest absolute Gasteiger partial charge is 0.306 e. The molecule has 0 radical (unpaired) electrons. The topological polar surface area (TPSA) is 12.0 Å². The number of hydrogen-bond donors (Lipinski definition) is 1. The maximum atomic E-state index is 6.32. The highest BCUT2D eigenvalue weighted by Crippen LogP contribution is 2.29. The molecule has 94 valence electrons. The fraction of sp³-hybridized carbons (Fsp3) is 0.250. The summed E-state index contributed by atoms with van der Waals surface area (Å²) in [5.74, 6) is 0. The van der Waals surface area contributed by atoms with Crippen molar-refractivity contribution in [3.8, 4) is 0 Å². The van der Waals surface area contributed by atoms with E-state index in [4.69, 9.17) is 11.6 Å². The Morgan fingerprint density at radius 2 is 1.61 bits per heavy atom. The van der Waals surface area contributed by atoms with Crippen molar-refractivity contribution in [2.75, 3.05) is 6.54 Å². The molecule has 0 saturated carbocycles. The normalized spacial score (nSPS) is 12.4. The van der Waals surface area contributed by atoms with Gasteiger partial charge in [-0.3, -0.25) is 0 Å². The lowest BCUT2D eigenvalue weighted by Crippen LogP contribution is -2.23. The first kappa shape index (κ1) is 13.1. The van der Waals surface area contributed by atoms with Crippen molar-refractivity contribution in [3.63, 3.8) is 0 Å². The Morgan fingerprint density at radius 3 is 2.22 bits per heavy atom. The predicted octanol–water partition coefficient (Wildman–Crippen LogP) is 4.35. The molecule has 0 aliphatic rings. The standard InChI is InChI=1S/C16H18ClN/c1-3-18-16(13-9-5-4-8-12(13)2)14-10-6-7-11-15(14)17/h4-11,16,18H,3H2,1-2H3. The monoisotopic (exact) mass is 259 g/mol. The van der Waals surface area contributed by atoms with E-state index < -0.39 is 0 Å². The molecule has 0 amide bonds. The van der Waals surface area contributed by atoms with E-state index in [1.54, 1.807) is 0 Å². The second kappa shape index (κ2) is 6.03. The van der Waals surface area contributed by atoms with Crippen LogP contribution in [0, 0.1) is 6.92 Å². The molecule has 2 rings (SSSR count). The Hall–Kier alpha value is -1.31. The van der Waals surface area contributed by atoms with Gasteiger partial charge in [-0.25, -0.2) is 0 Å². The number of halogens is 1. The summed E-state index contributed by atoms with van der Waals surface area (Å²) < 4.78 is 0. The lowest BCUT2D eigenvalue weighted by molar-refractivity contribution is 0.628. The van der Waals surface area contributed by atoms with Gasteiger partial charge < -0.3 is 5.32 Å². The summed E-state index contributed by atoms with van der Waals surface area (Å²) in [6.07, 6.45) is 0. The van der Waals surface area contributed by atoms with Crippen LogP contribution < -0.4 is 5.32 Å². The zero-order valence-electron chi connectivity index (χ0n) is 10.8. The van der Waals surface area contributed by atoms with E-state index in [0.29, 0.717) is 0 Å². The minimum Gasteiger partial charge on any atom is -0.306 e. The van der Waals surface area contributed by atoms with Gasteiger partial charge in [0, 0.05) is 5.02 Å². The maximum absolute atomic E-state index is 6.32. The third-order valence-corrected chi connectivity index (χ3v) is 3.47. The Bertz CT molecular complexity index is 477. The molecular weight excluding hydrogens is 242 g/mol. The van der Waals surface area contributed by atoms with Crippen LogP contribution in [0.25, 0.3) is 0 Å². The molecule has 0 bridgehead atoms. The van der Waals surface area contributed by atoms with Crippen LogP contribution in [-0.2, 0) is 0 Å². The smallest absolute Gasteiger partial charge is 0.0593 e. The molecule has 2 heteroatoms. The van der Waals surface area contributed by atoms with Gasteiger partial charge in [-0.2, -0.15) is 0 Å². The van der Waals surface area contributed by atoms with Crippen molar-refractivity contribution < 1.29 is 0 Å². The van der Waals surface area contributed by atoms with Gasteiger partial charge in [0.15, 0.2) is 0 Å². The highest BCUT2D eigenvalue weighted by atomic mass is 35.5. The summed E-state index contributed by atoms with van der Waals surface area (Å²) in [7, 11) is 0. The molecule has 1 N–H and O–H groups in total. The molecule has 0 aliphatic carbocycles. The van der Waals surface area contributed by atoms with E-state index in [9.17, 15) is 0 Å². The van der Waals surface area contributed by atoms with Crippen LogP contribution in [-0.4, -0.2) is 6.54 Å². The Balaban J connectivity index is 2.47. The van der Waals surface area contributed by atoms with Gasteiger partial charge >= 0.3 is 0 Å². The van der Waals surface area contributed by atoms with Gasteiger partial charge in [0.1, 0.15) is 0 Å². The van der Waals surface area contributed by atoms with Crippen molar-refractivity contribution >= 4 is 11.6 Å². The fourth-order valence-electron chi connectivity index (χ4n) is 2.21. The second-order valence-corrected chi connectivity index (χ2v) is 4.78. The molecule has 2 aromatic rings. The first-order valence-corrected chi connectivity index (χ1v) is 6.65. The molecular formula is C16H18ClN. The molecule has 1 nitrogen and oxygen atoms in total. The molecule has 18 heavy (non-hydrogen) atoms. The fourth-order valence-corrected chi connectivity index (χ4v) is 2.46. The highest BCUT2D eigenvalue weighted by Gasteiger charge is 2.16. The van der Waals surface area contributed by atoms with Crippen LogP contribution in [0.4, 0.5) is 0 Å². The summed E-state index contributed by atoms with van der Waals surface area (Å²) in [6, 6.07) is 16.6. The second-order valence-electron chi connectivity index (χ2n) is 4.37. The Labute approximate surface area is 114 Å². The first-order chi connectivity index (χ1) is 8.74. The average molecular weight is 260 g/mol. The van der Waals surface area contributed by atoms with E-state index >= 15 is 0 Å². The minimum absolute atomic E-state index is 0.157. The molecule has 0 spiro atoms. The average Bonchev–Trinajstić information content (AvgIpc) is 2.38. The predicted molar refractivity (Wildman–Crippen MR) is 78.2 cm³/mol. The molecule has 1 atom stereocenters. The third-order valence-electron chi connectivity index (χ3n) is 3.12. The molecule has 1 unspecified atom stereocenters. The van der Waals surface area contributed by atoms with Crippen LogP contribution in [0.15, 0.2) is 48.5 Å². The molecule has 2 aromatic carbocycles. The summed E-state index contributed by atoms with van der Waals surface area (Å²) in [5.41, 5.74) is 3.70. The van der Waals surface area contributed by atoms with Gasteiger partial charge in [-0.15, -0.1) is 0 Å². The molecule has 0 aliphatic heterocycles. The van der Waals surface area contributed by atoms with Crippen molar-refractivity contribution in [2.45, 2.75) is 19.9 Å². The molecule has 0 heterocycles. The van der Waals surface area contributed by atoms with Gasteiger partial charge in [0.05, 0.1) is 6.04 Å². The minimum atomic E-state index is 0.157. The molecule has 0 fully saturated rings. The maximum Gasteiger partial charge on any atom is 0.0593 e. The Kier molecular flexibility index (Phi) is 4.40. The quantitative estimate of drug-likeness (QED) is 0.861. The highest BCUT2D eigenvalue weighted by molar-refractivity contribution is 6.31. The van der Waals surface area contributed by atoms with Crippen LogP contribution in [0.3, 0.4) is 0 Å². The molecule has 0 saturated heterocycles. The van der Waals surface area contributed by atoms with Crippen LogP contribution in [0.1, 0.15) is 29.7 Å².